The van der Waals surface area contributed by atoms with Crippen LogP contribution < -0.4 is 5.32 Å². The molecule has 0 fully saturated rings. The van der Waals surface area contributed by atoms with Gasteiger partial charge in [0.15, 0.2) is 11.5 Å². The number of nitrogens with zero attached hydrogens (tertiary/aromatic N) is 3. The van der Waals surface area contributed by atoms with Crippen LogP contribution in [-0.4, -0.2) is 27.2 Å². The van der Waals surface area contributed by atoms with Gasteiger partial charge in [-0.15, -0.1) is 0 Å². The molecule has 24 heavy (non-hydrogen) atoms. The Labute approximate surface area is 148 Å². The Bertz CT molecular complexity index is 830. The molecule has 0 saturated carbocycles. The van der Waals surface area contributed by atoms with Crippen molar-refractivity contribution in [2.45, 2.75) is 13.0 Å². The second-order valence-corrected chi connectivity index (χ2v) is 5.93. The molecule has 0 bridgehead atoms. The maximum atomic E-state index is 12.1. The Morgan fingerprint density at radius 3 is 2.88 bits per heavy atom. The Morgan fingerprint density at radius 2 is 2.12 bits per heavy atom. The normalized spacial score (nSPS) is 10.8. The quantitative estimate of drug-likeness (QED) is 0.677. The van der Waals surface area contributed by atoms with Crippen molar-refractivity contribution in [3.63, 3.8) is 0 Å². The minimum absolute atomic E-state index is 0.221. The highest BCUT2D eigenvalue weighted by molar-refractivity contribution is 6.42. The van der Waals surface area contributed by atoms with Crippen LogP contribution in [0.5, 0.6) is 0 Å². The number of halogens is 2. The highest BCUT2D eigenvalue weighted by Crippen LogP contribution is 2.28. The highest BCUT2D eigenvalue weighted by Gasteiger charge is 2.14. The summed E-state index contributed by atoms with van der Waals surface area (Å²) in [4.78, 5) is 16.0. The molecule has 0 spiro atoms. The molecule has 0 aliphatic rings. The fourth-order valence-electron chi connectivity index (χ4n) is 2.14. The molecule has 3 rings (SSSR count). The molecule has 124 valence electrons. The van der Waals surface area contributed by atoms with Gasteiger partial charge in [-0.2, -0.15) is 0 Å². The van der Waals surface area contributed by atoms with Crippen LogP contribution in [0.2, 0.25) is 10.0 Å². The number of imidazole rings is 1. The van der Waals surface area contributed by atoms with Gasteiger partial charge in [0.05, 0.1) is 16.4 Å². The van der Waals surface area contributed by atoms with Gasteiger partial charge < -0.3 is 14.4 Å². The highest BCUT2D eigenvalue weighted by atomic mass is 35.5. The number of nitrogens with one attached hydrogen (secondary N) is 1. The minimum atomic E-state index is -0.282. The summed E-state index contributed by atoms with van der Waals surface area (Å²) in [7, 11) is 0. The van der Waals surface area contributed by atoms with Crippen LogP contribution in [0.1, 0.15) is 16.9 Å². The summed E-state index contributed by atoms with van der Waals surface area (Å²) < 4.78 is 7.16. The standard InChI is InChI=1S/C16H14Cl2N4O2/c17-12-3-2-11(8-13(12)18)15-9-14(21-24-15)16(23)20-4-1-6-22-7-5-19-10-22/h2-3,5,7-10H,1,4,6H2,(H,20,23). The van der Waals surface area contributed by atoms with Crippen molar-refractivity contribution in [1.29, 1.82) is 0 Å². The van der Waals surface area contributed by atoms with E-state index in [1.54, 1.807) is 36.8 Å². The molecule has 1 aromatic carbocycles. The van der Waals surface area contributed by atoms with Crippen molar-refractivity contribution in [3.8, 4) is 11.3 Å². The summed E-state index contributed by atoms with van der Waals surface area (Å²) >= 11 is 11.9. The first kappa shape index (κ1) is 16.5. The first-order valence-electron chi connectivity index (χ1n) is 7.29. The van der Waals surface area contributed by atoms with Crippen molar-refractivity contribution >= 4 is 29.1 Å². The zero-order valence-corrected chi connectivity index (χ0v) is 14.1. The van der Waals surface area contributed by atoms with Crippen LogP contribution in [0.25, 0.3) is 11.3 Å². The summed E-state index contributed by atoms with van der Waals surface area (Å²) in [5.74, 6) is 0.174. The Balaban J connectivity index is 1.56. The van der Waals surface area contributed by atoms with E-state index in [9.17, 15) is 4.79 Å². The average Bonchev–Trinajstić information content (AvgIpc) is 3.25. The van der Waals surface area contributed by atoms with Gasteiger partial charge in [0.1, 0.15) is 0 Å². The van der Waals surface area contributed by atoms with E-state index in [0.717, 1.165) is 13.0 Å². The first-order chi connectivity index (χ1) is 11.6. The molecule has 0 aliphatic heterocycles. The zero-order valence-electron chi connectivity index (χ0n) is 12.6. The van der Waals surface area contributed by atoms with Gasteiger partial charge >= 0.3 is 0 Å². The molecular formula is C16H14Cl2N4O2. The molecule has 0 aliphatic carbocycles. The Hall–Kier alpha value is -2.31. The maximum absolute atomic E-state index is 12.1. The smallest absolute Gasteiger partial charge is 0.273 e. The van der Waals surface area contributed by atoms with Crippen molar-refractivity contribution < 1.29 is 9.32 Å². The number of amides is 1. The van der Waals surface area contributed by atoms with E-state index in [1.165, 1.54) is 0 Å². The van der Waals surface area contributed by atoms with E-state index >= 15 is 0 Å². The van der Waals surface area contributed by atoms with Crippen LogP contribution in [-0.2, 0) is 6.54 Å². The molecule has 3 aromatic rings. The number of benzene rings is 1. The number of carbonyl (C=O) groups excluding carboxylic acids is 1. The molecule has 2 aromatic heterocycles. The molecule has 8 heteroatoms. The number of aryl methyl sites for hydroxylation is 1. The monoisotopic (exact) mass is 364 g/mol. The van der Waals surface area contributed by atoms with Gasteiger partial charge in [0.25, 0.3) is 5.91 Å². The number of hydrogen-bond acceptors (Lipinski definition) is 4. The third-order valence-corrected chi connectivity index (χ3v) is 4.12. The molecule has 6 nitrogen and oxygen atoms in total. The molecular weight excluding hydrogens is 351 g/mol. The van der Waals surface area contributed by atoms with E-state index < -0.39 is 0 Å². The Morgan fingerprint density at radius 1 is 1.25 bits per heavy atom. The number of carbonyl (C=O) groups is 1. The van der Waals surface area contributed by atoms with Crippen molar-refractivity contribution in [2.75, 3.05) is 6.54 Å². The van der Waals surface area contributed by atoms with Gasteiger partial charge in [-0.05, 0) is 24.6 Å². The first-order valence-corrected chi connectivity index (χ1v) is 8.05. The van der Waals surface area contributed by atoms with Crippen LogP contribution in [0.15, 0.2) is 47.5 Å². The molecule has 1 amide bonds. The second-order valence-electron chi connectivity index (χ2n) is 5.12. The fraction of sp³-hybridized carbons (Fsp3) is 0.188. The van der Waals surface area contributed by atoms with Gasteiger partial charge in [-0.25, -0.2) is 4.98 Å². The molecule has 0 unspecified atom stereocenters. The average molecular weight is 365 g/mol. The molecule has 2 heterocycles. The van der Waals surface area contributed by atoms with Gasteiger partial charge in [0, 0.05) is 37.1 Å². The summed E-state index contributed by atoms with van der Waals surface area (Å²) in [5, 5.41) is 7.47. The fourth-order valence-corrected chi connectivity index (χ4v) is 2.44. The predicted molar refractivity (Wildman–Crippen MR) is 91.1 cm³/mol. The Kier molecular flexibility index (Phi) is 5.17. The number of rotatable bonds is 6. The summed E-state index contributed by atoms with van der Waals surface area (Å²) in [6, 6.07) is 6.65. The van der Waals surface area contributed by atoms with Gasteiger partial charge in [-0.1, -0.05) is 28.4 Å². The predicted octanol–water partition coefficient (Wildman–Crippen LogP) is 3.67. The van der Waals surface area contributed by atoms with Crippen LogP contribution in [0, 0.1) is 0 Å². The van der Waals surface area contributed by atoms with E-state index in [1.807, 2.05) is 10.8 Å². The van der Waals surface area contributed by atoms with E-state index in [0.29, 0.717) is 27.9 Å². The zero-order chi connectivity index (χ0) is 16.9. The van der Waals surface area contributed by atoms with Crippen LogP contribution in [0.4, 0.5) is 0 Å². The topological polar surface area (TPSA) is 73.0 Å². The summed E-state index contributed by atoms with van der Waals surface area (Å²) in [6.45, 7) is 1.32. The van der Waals surface area contributed by atoms with Crippen molar-refractivity contribution in [1.82, 2.24) is 20.0 Å². The van der Waals surface area contributed by atoms with Crippen molar-refractivity contribution in [3.05, 3.63) is 58.7 Å². The minimum Gasteiger partial charge on any atom is -0.355 e. The lowest BCUT2D eigenvalue weighted by Crippen LogP contribution is -2.25. The number of hydrogen-bond donors (Lipinski definition) is 1. The van der Waals surface area contributed by atoms with Crippen molar-refractivity contribution in [2.24, 2.45) is 0 Å². The lowest BCUT2D eigenvalue weighted by molar-refractivity contribution is 0.0944. The van der Waals surface area contributed by atoms with Gasteiger partial charge in [0.2, 0.25) is 0 Å². The van der Waals surface area contributed by atoms with Crippen LogP contribution in [0.3, 0.4) is 0 Å². The maximum Gasteiger partial charge on any atom is 0.273 e. The summed E-state index contributed by atoms with van der Waals surface area (Å²) in [5.41, 5.74) is 0.926. The number of aromatic nitrogens is 3. The summed E-state index contributed by atoms with van der Waals surface area (Å²) in [6.07, 6.45) is 6.13. The molecule has 0 atom stereocenters. The SMILES string of the molecule is O=C(NCCCn1ccnc1)c1cc(-c2ccc(Cl)c(Cl)c2)on1. The second kappa shape index (κ2) is 7.51. The molecule has 0 radical (unpaired) electrons. The lowest BCUT2D eigenvalue weighted by Gasteiger charge is -2.03. The lowest BCUT2D eigenvalue weighted by atomic mass is 10.1. The van der Waals surface area contributed by atoms with Crippen LogP contribution >= 0.6 is 23.2 Å². The third kappa shape index (κ3) is 3.96. The third-order valence-electron chi connectivity index (χ3n) is 3.38. The molecule has 0 saturated heterocycles. The molecule has 1 N–H and O–H groups in total. The van der Waals surface area contributed by atoms with E-state index in [4.69, 9.17) is 27.7 Å². The van der Waals surface area contributed by atoms with Gasteiger partial charge in [-0.3, -0.25) is 4.79 Å². The van der Waals surface area contributed by atoms with E-state index in [2.05, 4.69) is 15.5 Å². The van der Waals surface area contributed by atoms with E-state index in [-0.39, 0.29) is 11.6 Å². The largest absolute Gasteiger partial charge is 0.355 e.